The van der Waals surface area contributed by atoms with Crippen molar-refractivity contribution < 1.29 is 75.4 Å². The van der Waals surface area contributed by atoms with Gasteiger partial charge in [-0.25, -0.2) is 4.79 Å². The molecule has 0 aliphatic heterocycles. The van der Waals surface area contributed by atoms with E-state index in [1.165, 1.54) is 0 Å². The molecule has 29 heavy (non-hydrogen) atoms. The first kappa shape index (κ1) is 27.2. The van der Waals surface area contributed by atoms with Gasteiger partial charge < -0.3 is 4.74 Å². The third kappa shape index (κ3) is 3.71. The standard InChI is InChI=1S/C12H7F15O2/c1-3-5(28)29-4(2)6(13,14)7(15,16)8(17,18)9(19,20)10(21,22)11(23,24)12(25,26)27/h3-4H,1H2,2H3. The largest absolute Gasteiger partial charge is 0.460 e. The molecule has 1 atom stereocenters. The summed E-state index contributed by atoms with van der Waals surface area (Å²) in [6, 6.07) is 0. The summed E-state index contributed by atoms with van der Waals surface area (Å²) in [4.78, 5) is 10.6. The third-order valence-corrected chi connectivity index (χ3v) is 3.32. The number of carbonyl (C=O) groups is 1. The zero-order chi connectivity index (χ0) is 24.1. The molecule has 0 aliphatic rings. The van der Waals surface area contributed by atoms with Crippen LogP contribution in [-0.4, -0.2) is 53.8 Å². The van der Waals surface area contributed by atoms with Gasteiger partial charge >= 0.3 is 47.7 Å². The molecule has 0 bridgehead atoms. The summed E-state index contributed by atoms with van der Waals surface area (Å²) in [5.41, 5.74) is 0. The lowest BCUT2D eigenvalue weighted by Gasteiger charge is -2.42. The van der Waals surface area contributed by atoms with Crippen LogP contribution >= 0.6 is 0 Å². The molecule has 0 fully saturated rings. The molecule has 0 rings (SSSR count). The second-order valence-electron chi connectivity index (χ2n) is 5.28. The summed E-state index contributed by atoms with van der Waals surface area (Å²) in [5.74, 6) is -49.4. The Kier molecular flexibility index (Phi) is 6.69. The number of halogens is 15. The Morgan fingerprint density at radius 3 is 1.31 bits per heavy atom. The van der Waals surface area contributed by atoms with Crippen LogP contribution in [0.15, 0.2) is 12.7 Å². The molecule has 172 valence electrons. The van der Waals surface area contributed by atoms with Crippen molar-refractivity contribution in [2.75, 3.05) is 0 Å². The molecule has 0 spiro atoms. The average molecular weight is 468 g/mol. The molecule has 0 saturated carbocycles. The van der Waals surface area contributed by atoms with E-state index in [2.05, 4.69) is 11.3 Å². The van der Waals surface area contributed by atoms with E-state index in [9.17, 15) is 70.7 Å². The van der Waals surface area contributed by atoms with Gasteiger partial charge in [0.1, 0.15) is 0 Å². The lowest BCUT2D eigenvalue weighted by Crippen LogP contribution is -2.73. The highest BCUT2D eigenvalue weighted by Crippen LogP contribution is 2.62. The van der Waals surface area contributed by atoms with Gasteiger partial charge in [0.25, 0.3) is 0 Å². The van der Waals surface area contributed by atoms with Gasteiger partial charge in [-0.3, -0.25) is 0 Å². The number of alkyl halides is 15. The van der Waals surface area contributed by atoms with Crippen molar-refractivity contribution in [3.8, 4) is 0 Å². The molecule has 0 aliphatic carbocycles. The summed E-state index contributed by atoms with van der Waals surface area (Å²) >= 11 is 0. The van der Waals surface area contributed by atoms with Gasteiger partial charge in [-0.05, 0) is 6.92 Å². The first-order valence-corrected chi connectivity index (χ1v) is 6.54. The van der Waals surface area contributed by atoms with Crippen LogP contribution in [0.25, 0.3) is 0 Å². The summed E-state index contributed by atoms with van der Waals surface area (Å²) < 4.78 is 197. The van der Waals surface area contributed by atoms with Gasteiger partial charge in [0, 0.05) is 6.08 Å². The molecule has 0 radical (unpaired) electrons. The van der Waals surface area contributed by atoms with Crippen molar-refractivity contribution in [3.63, 3.8) is 0 Å². The predicted molar refractivity (Wildman–Crippen MR) is 61.5 cm³/mol. The minimum absolute atomic E-state index is 0.00446. The quantitative estimate of drug-likeness (QED) is 0.268. The fourth-order valence-electron chi connectivity index (χ4n) is 1.53. The number of hydrogen-bond donors (Lipinski definition) is 0. The minimum atomic E-state index is -8.38. The fourth-order valence-corrected chi connectivity index (χ4v) is 1.53. The van der Waals surface area contributed by atoms with Crippen LogP contribution in [0.1, 0.15) is 6.92 Å². The van der Waals surface area contributed by atoms with Crippen LogP contribution < -0.4 is 0 Å². The topological polar surface area (TPSA) is 26.3 Å². The zero-order valence-electron chi connectivity index (χ0n) is 13.3. The summed E-state index contributed by atoms with van der Waals surface area (Å²) in [5, 5.41) is 0. The number of esters is 1. The van der Waals surface area contributed by atoms with Crippen molar-refractivity contribution in [2.24, 2.45) is 0 Å². The molecule has 0 amide bonds. The SMILES string of the molecule is C=CC(=O)OC(C)C(F)(F)C(F)(F)C(F)(F)C(F)(F)C(F)(F)C(F)(F)C(F)(F)F. The van der Waals surface area contributed by atoms with Crippen LogP contribution in [0.2, 0.25) is 0 Å². The van der Waals surface area contributed by atoms with Crippen LogP contribution in [-0.2, 0) is 9.53 Å². The maximum atomic E-state index is 13.5. The van der Waals surface area contributed by atoms with Crippen molar-refractivity contribution in [1.82, 2.24) is 0 Å². The minimum Gasteiger partial charge on any atom is -0.453 e. The number of rotatable bonds is 8. The van der Waals surface area contributed by atoms with Gasteiger partial charge in [0.15, 0.2) is 6.10 Å². The fraction of sp³-hybridized carbons (Fsp3) is 0.750. The third-order valence-electron chi connectivity index (χ3n) is 3.32. The van der Waals surface area contributed by atoms with Crippen molar-refractivity contribution in [2.45, 2.75) is 54.7 Å². The Labute approximate surface area is 150 Å². The molecule has 2 nitrogen and oxygen atoms in total. The van der Waals surface area contributed by atoms with Gasteiger partial charge in [-0.2, -0.15) is 65.9 Å². The van der Waals surface area contributed by atoms with E-state index >= 15 is 0 Å². The van der Waals surface area contributed by atoms with Gasteiger partial charge in [-0.1, -0.05) is 6.58 Å². The molecule has 17 heteroatoms. The van der Waals surface area contributed by atoms with Gasteiger partial charge in [0.05, 0.1) is 0 Å². The lowest BCUT2D eigenvalue weighted by atomic mass is 9.89. The Balaban J connectivity index is 6.49. The van der Waals surface area contributed by atoms with E-state index in [1.807, 2.05) is 0 Å². The summed E-state index contributed by atoms with van der Waals surface area (Å²) in [7, 11) is 0. The smallest absolute Gasteiger partial charge is 0.453 e. The summed E-state index contributed by atoms with van der Waals surface area (Å²) in [6.45, 7) is 2.25. The first-order valence-electron chi connectivity index (χ1n) is 6.54. The summed E-state index contributed by atoms with van der Waals surface area (Å²) in [6.07, 6.45) is -11.4. The van der Waals surface area contributed by atoms with E-state index in [-0.39, 0.29) is 13.0 Å². The number of carbonyl (C=O) groups excluding carboxylic acids is 1. The van der Waals surface area contributed by atoms with Crippen LogP contribution in [0.5, 0.6) is 0 Å². The van der Waals surface area contributed by atoms with Crippen molar-refractivity contribution >= 4 is 5.97 Å². The van der Waals surface area contributed by atoms with Crippen LogP contribution in [0.4, 0.5) is 65.9 Å². The maximum absolute atomic E-state index is 13.5. The number of ether oxygens (including phenoxy) is 1. The monoisotopic (exact) mass is 468 g/mol. The lowest BCUT2D eigenvalue weighted by molar-refractivity contribution is -0.455. The molecule has 0 heterocycles. The zero-order valence-corrected chi connectivity index (χ0v) is 13.3. The van der Waals surface area contributed by atoms with Crippen molar-refractivity contribution in [3.05, 3.63) is 12.7 Å². The van der Waals surface area contributed by atoms with E-state index in [4.69, 9.17) is 0 Å². The van der Waals surface area contributed by atoms with E-state index < -0.39 is 53.8 Å². The molecular weight excluding hydrogens is 461 g/mol. The van der Waals surface area contributed by atoms with Gasteiger partial charge in [0.2, 0.25) is 0 Å². The Morgan fingerprint density at radius 2 is 1.00 bits per heavy atom. The van der Waals surface area contributed by atoms with E-state index in [0.29, 0.717) is 0 Å². The highest BCUT2D eigenvalue weighted by atomic mass is 19.4. The molecule has 0 aromatic carbocycles. The highest BCUT2D eigenvalue weighted by molar-refractivity contribution is 5.81. The second-order valence-corrected chi connectivity index (χ2v) is 5.28. The highest BCUT2D eigenvalue weighted by Gasteiger charge is 2.93. The van der Waals surface area contributed by atoms with Crippen LogP contribution in [0.3, 0.4) is 0 Å². The number of hydrogen-bond acceptors (Lipinski definition) is 2. The second kappa shape index (κ2) is 7.14. The Bertz CT molecular complexity index is 634. The van der Waals surface area contributed by atoms with E-state index in [0.717, 1.165) is 0 Å². The Morgan fingerprint density at radius 1 is 0.690 bits per heavy atom. The Hall–Kier alpha value is -1.84. The normalized spacial score (nSPS) is 16.4. The molecule has 0 saturated heterocycles. The molecular formula is C12H7F15O2. The molecule has 1 unspecified atom stereocenters. The average Bonchev–Trinajstić information content (AvgIpc) is 2.52. The molecule has 0 N–H and O–H groups in total. The van der Waals surface area contributed by atoms with Crippen molar-refractivity contribution in [1.29, 1.82) is 0 Å². The molecule has 0 aromatic heterocycles. The van der Waals surface area contributed by atoms with E-state index in [1.54, 1.807) is 0 Å². The first-order chi connectivity index (χ1) is 12.4. The van der Waals surface area contributed by atoms with Gasteiger partial charge in [-0.15, -0.1) is 0 Å². The maximum Gasteiger partial charge on any atom is 0.460 e. The predicted octanol–water partition coefficient (Wildman–Crippen LogP) is 5.48. The van der Waals surface area contributed by atoms with Crippen LogP contribution in [0, 0.1) is 0 Å². The molecule has 0 aromatic rings.